The van der Waals surface area contributed by atoms with E-state index in [4.69, 9.17) is 4.74 Å². The fourth-order valence-corrected chi connectivity index (χ4v) is 2.54. The number of carbonyl (C=O) groups excluding carboxylic acids is 2. The minimum absolute atomic E-state index is 0.0694. The third kappa shape index (κ3) is 5.78. The minimum Gasteiger partial charge on any atom is -0.461 e. The van der Waals surface area contributed by atoms with Gasteiger partial charge in [0.1, 0.15) is 5.69 Å². The van der Waals surface area contributed by atoms with Gasteiger partial charge >= 0.3 is 5.97 Å². The number of aromatic amines is 1. The lowest BCUT2D eigenvalue weighted by molar-refractivity contribution is -0.118. The van der Waals surface area contributed by atoms with Crippen molar-refractivity contribution >= 4 is 23.6 Å². The Bertz CT molecular complexity index is 643. The molecule has 7 heteroatoms. The second kappa shape index (κ2) is 8.99. The topological polar surface area (TPSA) is 84.1 Å². The SMILES string of the molecule is CCOC(=O)c1cnc(SCC(=O)NCCc2ccccc2)[nH]1. The van der Waals surface area contributed by atoms with E-state index >= 15 is 0 Å². The number of ether oxygens (including phenoxy) is 1. The third-order valence-electron chi connectivity index (χ3n) is 2.97. The summed E-state index contributed by atoms with van der Waals surface area (Å²) < 4.78 is 4.86. The zero-order chi connectivity index (χ0) is 16.5. The Hall–Kier alpha value is -2.28. The lowest BCUT2D eigenvalue weighted by atomic mass is 10.1. The number of H-pyrrole nitrogens is 1. The maximum Gasteiger partial charge on any atom is 0.356 e. The molecule has 1 aromatic carbocycles. The molecule has 2 N–H and O–H groups in total. The molecule has 0 saturated carbocycles. The van der Waals surface area contributed by atoms with Crippen molar-refractivity contribution in [2.45, 2.75) is 18.5 Å². The van der Waals surface area contributed by atoms with E-state index in [-0.39, 0.29) is 11.7 Å². The number of rotatable bonds is 8. The summed E-state index contributed by atoms with van der Waals surface area (Å²) in [6, 6.07) is 9.98. The van der Waals surface area contributed by atoms with Gasteiger partial charge in [-0.2, -0.15) is 0 Å². The van der Waals surface area contributed by atoms with Gasteiger partial charge in [0.2, 0.25) is 5.91 Å². The van der Waals surface area contributed by atoms with Gasteiger partial charge in [-0.1, -0.05) is 42.1 Å². The molecule has 6 nitrogen and oxygen atoms in total. The van der Waals surface area contributed by atoms with Crippen LogP contribution in [0.3, 0.4) is 0 Å². The molecule has 2 rings (SSSR count). The molecule has 23 heavy (non-hydrogen) atoms. The summed E-state index contributed by atoms with van der Waals surface area (Å²) in [5.41, 5.74) is 1.48. The Morgan fingerprint density at radius 2 is 2.09 bits per heavy atom. The van der Waals surface area contributed by atoms with Gasteiger partial charge in [0.15, 0.2) is 5.16 Å². The van der Waals surface area contributed by atoms with Crippen LogP contribution in [0.2, 0.25) is 0 Å². The first kappa shape index (κ1) is 17.1. The summed E-state index contributed by atoms with van der Waals surface area (Å²) in [4.78, 5) is 30.2. The van der Waals surface area contributed by atoms with Crippen LogP contribution >= 0.6 is 11.8 Å². The zero-order valence-electron chi connectivity index (χ0n) is 12.9. The fraction of sp³-hybridized carbons (Fsp3) is 0.312. The molecular weight excluding hydrogens is 314 g/mol. The standard InChI is InChI=1S/C16H19N3O3S/c1-2-22-15(21)13-10-18-16(19-13)23-11-14(20)17-9-8-12-6-4-3-5-7-12/h3-7,10H,2,8-9,11H2,1H3,(H,17,20)(H,18,19). The maximum absolute atomic E-state index is 11.8. The van der Waals surface area contributed by atoms with Crippen LogP contribution in [-0.4, -0.2) is 40.7 Å². The van der Waals surface area contributed by atoms with Gasteiger partial charge in [0.05, 0.1) is 18.6 Å². The molecule has 0 aliphatic heterocycles. The van der Waals surface area contributed by atoms with E-state index in [2.05, 4.69) is 15.3 Å². The molecule has 0 aliphatic rings. The molecule has 0 aliphatic carbocycles. The number of amides is 1. The third-order valence-corrected chi connectivity index (χ3v) is 3.85. The molecule has 1 amide bonds. The molecule has 0 saturated heterocycles. The Labute approximate surface area is 139 Å². The summed E-state index contributed by atoms with van der Waals surface area (Å²) in [7, 11) is 0. The molecule has 122 valence electrons. The first-order valence-electron chi connectivity index (χ1n) is 7.34. The summed E-state index contributed by atoms with van der Waals surface area (Å²) in [6.45, 7) is 2.64. The zero-order valence-corrected chi connectivity index (χ0v) is 13.7. The molecule has 0 bridgehead atoms. The van der Waals surface area contributed by atoms with Gasteiger partial charge in [-0.15, -0.1) is 0 Å². The predicted molar refractivity (Wildman–Crippen MR) is 88.4 cm³/mol. The van der Waals surface area contributed by atoms with Crippen LogP contribution in [0.1, 0.15) is 23.0 Å². The van der Waals surface area contributed by atoms with Gasteiger partial charge < -0.3 is 15.0 Å². The van der Waals surface area contributed by atoms with Crippen molar-refractivity contribution < 1.29 is 14.3 Å². The van der Waals surface area contributed by atoms with Crippen LogP contribution in [0.4, 0.5) is 0 Å². The van der Waals surface area contributed by atoms with Crippen LogP contribution in [0.5, 0.6) is 0 Å². The Balaban J connectivity index is 1.69. The number of carbonyl (C=O) groups is 2. The van der Waals surface area contributed by atoms with E-state index < -0.39 is 5.97 Å². The normalized spacial score (nSPS) is 10.3. The lowest BCUT2D eigenvalue weighted by Crippen LogP contribution is -2.27. The molecule has 2 aromatic rings. The second-order valence-electron chi connectivity index (χ2n) is 4.70. The van der Waals surface area contributed by atoms with Crippen LogP contribution in [0.25, 0.3) is 0 Å². The van der Waals surface area contributed by atoms with Crippen LogP contribution < -0.4 is 5.32 Å². The van der Waals surface area contributed by atoms with E-state index in [1.165, 1.54) is 23.5 Å². The van der Waals surface area contributed by atoms with Crippen LogP contribution in [-0.2, 0) is 16.0 Å². The maximum atomic E-state index is 11.8. The summed E-state index contributed by atoms with van der Waals surface area (Å²) in [6.07, 6.45) is 2.21. The van der Waals surface area contributed by atoms with Gasteiger partial charge in [-0.05, 0) is 18.9 Å². The van der Waals surface area contributed by atoms with Gasteiger partial charge in [-0.25, -0.2) is 9.78 Å². The fourth-order valence-electron chi connectivity index (χ4n) is 1.86. The number of nitrogens with one attached hydrogen (secondary N) is 2. The Kier molecular flexibility index (Phi) is 6.68. The number of esters is 1. The molecule has 0 unspecified atom stereocenters. The van der Waals surface area contributed by atoms with Crippen molar-refractivity contribution in [1.29, 1.82) is 0 Å². The molecule has 1 heterocycles. The average molecular weight is 333 g/mol. The van der Waals surface area contributed by atoms with E-state index in [0.29, 0.717) is 24.0 Å². The molecule has 0 atom stereocenters. The Morgan fingerprint density at radius 3 is 2.83 bits per heavy atom. The average Bonchev–Trinajstić information content (AvgIpc) is 3.03. The minimum atomic E-state index is -0.445. The van der Waals surface area contributed by atoms with E-state index in [9.17, 15) is 9.59 Å². The number of thioether (sulfide) groups is 1. The Morgan fingerprint density at radius 1 is 1.30 bits per heavy atom. The summed E-state index contributed by atoms with van der Waals surface area (Å²) in [5.74, 6) is -0.274. The monoisotopic (exact) mass is 333 g/mol. The summed E-state index contributed by atoms with van der Waals surface area (Å²) in [5, 5.41) is 3.38. The smallest absolute Gasteiger partial charge is 0.356 e. The molecule has 0 spiro atoms. The highest BCUT2D eigenvalue weighted by Gasteiger charge is 2.11. The van der Waals surface area contributed by atoms with E-state index in [1.807, 2.05) is 30.3 Å². The lowest BCUT2D eigenvalue weighted by Gasteiger charge is -2.04. The quantitative estimate of drug-likeness (QED) is 0.570. The summed E-state index contributed by atoms with van der Waals surface area (Å²) >= 11 is 1.24. The van der Waals surface area contributed by atoms with Crippen LogP contribution in [0.15, 0.2) is 41.7 Å². The molecular formula is C16H19N3O3S. The highest BCUT2D eigenvalue weighted by Crippen LogP contribution is 2.13. The largest absolute Gasteiger partial charge is 0.461 e. The molecule has 0 fully saturated rings. The highest BCUT2D eigenvalue weighted by molar-refractivity contribution is 7.99. The van der Waals surface area contributed by atoms with E-state index in [0.717, 1.165) is 6.42 Å². The molecule has 0 radical (unpaired) electrons. The predicted octanol–water partition coefficient (Wildman–Crippen LogP) is 2.04. The number of benzene rings is 1. The first-order chi connectivity index (χ1) is 11.2. The van der Waals surface area contributed by atoms with Crippen molar-refractivity contribution in [2.24, 2.45) is 0 Å². The van der Waals surface area contributed by atoms with Gasteiger partial charge in [-0.3, -0.25) is 4.79 Å². The number of aromatic nitrogens is 2. The van der Waals surface area contributed by atoms with Crippen molar-refractivity contribution in [2.75, 3.05) is 18.9 Å². The van der Waals surface area contributed by atoms with Crippen molar-refractivity contribution in [3.05, 3.63) is 47.8 Å². The van der Waals surface area contributed by atoms with Gasteiger partial charge in [0.25, 0.3) is 0 Å². The first-order valence-corrected chi connectivity index (χ1v) is 8.33. The van der Waals surface area contributed by atoms with Crippen LogP contribution in [0, 0.1) is 0 Å². The van der Waals surface area contributed by atoms with Crippen molar-refractivity contribution in [3.63, 3.8) is 0 Å². The number of hydrogen-bond acceptors (Lipinski definition) is 5. The van der Waals surface area contributed by atoms with Crippen molar-refractivity contribution in [1.82, 2.24) is 15.3 Å². The highest BCUT2D eigenvalue weighted by atomic mass is 32.2. The molecule has 1 aromatic heterocycles. The van der Waals surface area contributed by atoms with E-state index in [1.54, 1.807) is 6.92 Å². The van der Waals surface area contributed by atoms with Crippen molar-refractivity contribution in [3.8, 4) is 0 Å². The second-order valence-corrected chi connectivity index (χ2v) is 5.66. The number of nitrogens with zero attached hydrogens (tertiary/aromatic N) is 1. The number of imidazole rings is 1. The number of hydrogen-bond donors (Lipinski definition) is 2. The van der Waals surface area contributed by atoms with Gasteiger partial charge in [0, 0.05) is 6.54 Å².